The lowest BCUT2D eigenvalue weighted by molar-refractivity contribution is 1.06. The maximum absolute atomic E-state index is 8.21. The molecular weight excluding hydrogens is 142 g/mol. The summed E-state index contributed by atoms with van der Waals surface area (Å²) in [5.41, 5.74) is 0. The van der Waals surface area contributed by atoms with Gasteiger partial charge in [-0.25, -0.2) is 0 Å². The van der Waals surface area contributed by atoms with Gasteiger partial charge in [-0.3, -0.25) is 0 Å². The Kier molecular flexibility index (Phi) is 1.42. The van der Waals surface area contributed by atoms with Crippen molar-refractivity contribution in [2.24, 2.45) is 0 Å². The first-order valence-electron chi connectivity index (χ1n) is 2.40. The molecule has 0 aromatic heterocycles. The smallest absolute Gasteiger partial charge is 0.133 e. The summed E-state index contributed by atoms with van der Waals surface area (Å²) in [5, 5.41) is 10.5. The van der Waals surface area contributed by atoms with E-state index in [1.807, 2.05) is 12.3 Å². The van der Waals surface area contributed by atoms with Crippen LogP contribution in [0.2, 0.25) is 0 Å². The predicted octanol–water partition coefficient (Wildman–Crippen LogP) is 1.97. The maximum atomic E-state index is 8.21. The molecule has 2 atom stereocenters. The number of thiocyanates is 1. The largest absolute Gasteiger partial charge is 0.185 e. The van der Waals surface area contributed by atoms with Gasteiger partial charge in [-0.2, -0.15) is 5.26 Å². The molecule has 0 aromatic rings. The highest BCUT2D eigenvalue weighted by atomic mass is 35.5. The molecule has 44 valence electrons. The minimum absolute atomic E-state index is 0.0797. The summed E-state index contributed by atoms with van der Waals surface area (Å²) < 4.78 is 0.0797. The molecule has 0 amide bonds. The van der Waals surface area contributed by atoms with Crippen LogP contribution in [0.3, 0.4) is 0 Å². The Morgan fingerprint density at radius 2 is 2.50 bits per heavy atom. The minimum atomic E-state index is 0.0797. The van der Waals surface area contributed by atoms with Gasteiger partial charge in [0.25, 0.3) is 0 Å². The van der Waals surface area contributed by atoms with Crippen LogP contribution in [0.25, 0.3) is 0 Å². The molecule has 0 aromatic carbocycles. The molecule has 0 N–H and O–H groups in total. The van der Waals surface area contributed by atoms with E-state index in [1.165, 1.54) is 11.8 Å². The van der Waals surface area contributed by atoms with E-state index >= 15 is 0 Å². The first kappa shape index (κ1) is 6.25. The third kappa shape index (κ3) is 0.936. The lowest BCUT2D eigenvalue weighted by Crippen LogP contribution is -1.95. The maximum Gasteiger partial charge on any atom is 0.133 e. The van der Waals surface area contributed by atoms with Crippen molar-refractivity contribution in [2.45, 2.75) is 23.5 Å². The van der Waals surface area contributed by atoms with E-state index in [0.717, 1.165) is 6.42 Å². The number of rotatable bonds is 1. The van der Waals surface area contributed by atoms with E-state index in [0.29, 0.717) is 0 Å². The number of halogens is 1. The zero-order valence-electron chi connectivity index (χ0n) is 4.52. The van der Waals surface area contributed by atoms with Crippen molar-refractivity contribution < 1.29 is 0 Å². The van der Waals surface area contributed by atoms with Crippen molar-refractivity contribution in [3.63, 3.8) is 0 Å². The number of hydrogen-bond acceptors (Lipinski definition) is 2. The van der Waals surface area contributed by atoms with Gasteiger partial charge in [-0.15, -0.1) is 11.6 Å². The molecule has 8 heavy (non-hydrogen) atoms. The standard InChI is InChI=1S/C5H6ClNS/c1-5(8-3-7)2-4(5)6/h4H,2H2,1H3. The molecule has 0 heterocycles. The summed E-state index contributed by atoms with van der Waals surface area (Å²) in [7, 11) is 0. The van der Waals surface area contributed by atoms with E-state index < -0.39 is 0 Å². The Hall–Kier alpha value is 0.130. The Morgan fingerprint density at radius 1 is 2.00 bits per heavy atom. The SMILES string of the molecule is CC1(SC#N)CC1Cl. The van der Waals surface area contributed by atoms with E-state index in [9.17, 15) is 0 Å². The molecule has 2 unspecified atom stereocenters. The summed E-state index contributed by atoms with van der Waals surface area (Å²) in [6, 6.07) is 0. The van der Waals surface area contributed by atoms with E-state index in [2.05, 4.69) is 0 Å². The molecule has 0 spiro atoms. The monoisotopic (exact) mass is 147 g/mol. The number of alkyl halides is 1. The molecular formula is C5H6ClNS. The van der Waals surface area contributed by atoms with Crippen molar-refractivity contribution in [3.05, 3.63) is 0 Å². The number of nitrogens with zero attached hydrogens (tertiary/aromatic N) is 1. The van der Waals surface area contributed by atoms with Crippen LogP contribution in [0.15, 0.2) is 0 Å². The van der Waals surface area contributed by atoms with E-state index in [1.54, 1.807) is 0 Å². The topological polar surface area (TPSA) is 23.8 Å². The molecule has 1 fully saturated rings. The minimum Gasteiger partial charge on any atom is -0.185 e. The summed E-state index contributed by atoms with van der Waals surface area (Å²) in [5.74, 6) is 0. The molecule has 0 saturated heterocycles. The Bertz CT molecular complexity index is 142. The summed E-state index contributed by atoms with van der Waals surface area (Å²) in [6.07, 6.45) is 0.979. The molecule has 0 radical (unpaired) electrons. The molecule has 1 nitrogen and oxygen atoms in total. The molecule has 3 heteroatoms. The van der Waals surface area contributed by atoms with E-state index in [4.69, 9.17) is 16.9 Å². The molecule has 1 saturated carbocycles. The van der Waals surface area contributed by atoms with Gasteiger partial charge in [0.2, 0.25) is 0 Å². The van der Waals surface area contributed by atoms with Crippen LogP contribution in [0.1, 0.15) is 13.3 Å². The zero-order chi connectivity index (χ0) is 6.20. The van der Waals surface area contributed by atoms with Crippen molar-refractivity contribution >= 4 is 23.4 Å². The highest BCUT2D eigenvalue weighted by Gasteiger charge is 2.50. The van der Waals surface area contributed by atoms with Crippen molar-refractivity contribution in [2.75, 3.05) is 0 Å². The third-order valence-electron chi connectivity index (χ3n) is 1.37. The fraction of sp³-hybridized carbons (Fsp3) is 0.800. The average molecular weight is 148 g/mol. The highest BCUT2D eigenvalue weighted by Crippen LogP contribution is 2.51. The second kappa shape index (κ2) is 1.82. The van der Waals surface area contributed by atoms with Gasteiger partial charge in [-0.1, -0.05) is 0 Å². The molecule has 1 aliphatic rings. The number of nitriles is 1. The average Bonchev–Trinajstić information content (AvgIpc) is 2.16. The third-order valence-corrected chi connectivity index (χ3v) is 3.14. The van der Waals surface area contributed by atoms with Crippen molar-refractivity contribution in [1.29, 1.82) is 5.26 Å². The van der Waals surface area contributed by atoms with Crippen LogP contribution < -0.4 is 0 Å². The zero-order valence-corrected chi connectivity index (χ0v) is 6.09. The number of thioether (sulfide) groups is 1. The second-order valence-corrected chi connectivity index (χ2v) is 4.02. The highest BCUT2D eigenvalue weighted by molar-refractivity contribution is 8.05. The van der Waals surface area contributed by atoms with Crippen molar-refractivity contribution in [3.8, 4) is 5.40 Å². The van der Waals surface area contributed by atoms with Crippen LogP contribution in [-0.2, 0) is 0 Å². The first-order valence-corrected chi connectivity index (χ1v) is 3.65. The van der Waals surface area contributed by atoms with Crippen LogP contribution in [0.5, 0.6) is 0 Å². The van der Waals surface area contributed by atoms with Gasteiger partial charge >= 0.3 is 0 Å². The Balaban J connectivity index is 2.38. The van der Waals surface area contributed by atoms with Crippen LogP contribution in [0, 0.1) is 10.7 Å². The van der Waals surface area contributed by atoms with Crippen molar-refractivity contribution in [1.82, 2.24) is 0 Å². The van der Waals surface area contributed by atoms with Crippen LogP contribution in [0.4, 0.5) is 0 Å². The molecule has 0 bridgehead atoms. The van der Waals surface area contributed by atoms with Gasteiger partial charge in [0.1, 0.15) is 5.40 Å². The van der Waals surface area contributed by atoms with E-state index in [-0.39, 0.29) is 10.1 Å². The lowest BCUT2D eigenvalue weighted by Gasteiger charge is -1.96. The second-order valence-electron chi connectivity index (χ2n) is 2.18. The summed E-state index contributed by atoms with van der Waals surface area (Å²) >= 11 is 6.98. The predicted molar refractivity (Wildman–Crippen MR) is 35.9 cm³/mol. The first-order chi connectivity index (χ1) is 3.69. The van der Waals surface area contributed by atoms with Gasteiger partial charge in [0, 0.05) is 4.75 Å². The van der Waals surface area contributed by atoms with Gasteiger partial charge < -0.3 is 0 Å². The lowest BCUT2D eigenvalue weighted by atomic mass is 10.5. The van der Waals surface area contributed by atoms with Gasteiger partial charge in [0.05, 0.1) is 5.38 Å². The molecule has 0 aliphatic heterocycles. The summed E-state index contributed by atoms with van der Waals surface area (Å²) in [6.45, 7) is 2.01. The van der Waals surface area contributed by atoms with Gasteiger partial charge in [0.15, 0.2) is 0 Å². The molecule has 1 rings (SSSR count). The summed E-state index contributed by atoms with van der Waals surface area (Å²) in [4.78, 5) is 0. The quantitative estimate of drug-likeness (QED) is 0.418. The Labute approximate surface area is 58.0 Å². The number of hydrogen-bond donors (Lipinski definition) is 0. The molecule has 1 aliphatic carbocycles. The van der Waals surface area contributed by atoms with Crippen LogP contribution >= 0.6 is 23.4 Å². The fourth-order valence-corrected chi connectivity index (χ4v) is 1.64. The Morgan fingerprint density at radius 3 is 2.62 bits per heavy atom. The fourth-order valence-electron chi connectivity index (χ4n) is 0.507. The van der Waals surface area contributed by atoms with Crippen LogP contribution in [-0.4, -0.2) is 10.1 Å². The normalized spacial score (nSPS) is 43.4. The van der Waals surface area contributed by atoms with Gasteiger partial charge in [-0.05, 0) is 25.1 Å².